The highest BCUT2D eigenvalue weighted by atomic mass is 16.5. The minimum Gasteiger partial charge on any atom is -0.497 e. The van der Waals surface area contributed by atoms with Crippen molar-refractivity contribution in [2.75, 3.05) is 7.11 Å². The lowest BCUT2D eigenvalue weighted by Crippen LogP contribution is -2.51. The summed E-state index contributed by atoms with van der Waals surface area (Å²) in [6.07, 6.45) is 8.30. The zero-order chi connectivity index (χ0) is 20.6. The van der Waals surface area contributed by atoms with Crippen molar-refractivity contribution in [2.24, 2.45) is 28.1 Å². The molecule has 1 aromatic rings. The molecule has 4 aliphatic rings. The molecule has 156 valence electrons. The van der Waals surface area contributed by atoms with Crippen LogP contribution in [-0.4, -0.2) is 18.7 Å². The van der Waals surface area contributed by atoms with Crippen LogP contribution in [0.15, 0.2) is 18.2 Å². The Morgan fingerprint density at radius 2 is 1.79 bits per heavy atom. The van der Waals surface area contributed by atoms with Gasteiger partial charge in [-0.2, -0.15) is 0 Å². The highest BCUT2D eigenvalue weighted by Crippen LogP contribution is 2.71. The molecule has 3 heteroatoms. The SMILES string of the molecule is COc1ccc2c(c1)C(=O)CC1C2CC[C@@]2(C)C1CC[C@@]21CCC(C)(C)C(=O)C1. The lowest BCUT2D eigenvalue weighted by Gasteiger charge is -2.57. The first kappa shape index (κ1) is 19.3. The Labute approximate surface area is 174 Å². The molecule has 1 spiro atoms. The van der Waals surface area contributed by atoms with Crippen molar-refractivity contribution in [2.45, 2.75) is 78.1 Å². The highest BCUT2D eigenvalue weighted by molar-refractivity contribution is 5.99. The van der Waals surface area contributed by atoms with Gasteiger partial charge in [-0.05, 0) is 84.8 Å². The van der Waals surface area contributed by atoms with Crippen LogP contribution in [0.1, 0.15) is 94.0 Å². The van der Waals surface area contributed by atoms with Crippen LogP contribution in [0.3, 0.4) is 0 Å². The molecule has 5 rings (SSSR count). The predicted octanol–water partition coefficient (Wildman–Crippen LogP) is 5.96. The van der Waals surface area contributed by atoms with Gasteiger partial charge in [-0.25, -0.2) is 0 Å². The second-order valence-corrected chi connectivity index (χ2v) is 11.2. The summed E-state index contributed by atoms with van der Waals surface area (Å²) in [5, 5.41) is 0. The number of carbonyl (C=O) groups excluding carboxylic acids is 2. The molecule has 3 saturated carbocycles. The number of methoxy groups -OCH3 is 1. The van der Waals surface area contributed by atoms with Gasteiger partial charge in [-0.1, -0.05) is 26.8 Å². The van der Waals surface area contributed by atoms with E-state index < -0.39 is 0 Å². The fourth-order valence-electron chi connectivity index (χ4n) is 7.77. The van der Waals surface area contributed by atoms with Gasteiger partial charge in [0.05, 0.1) is 7.11 Å². The molecule has 3 unspecified atom stereocenters. The number of ether oxygens (including phenoxy) is 1. The zero-order valence-corrected chi connectivity index (χ0v) is 18.3. The third-order valence-corrected chi connectivity index (χ3v) is 9.84. The average molecular weight is 395 g/mol. The standard InChI is InChI=1S/C26H34O3/c1-24(2)11-12-26(15-23(24)28)10-8-21-19-14-22(27)20-13-16(29-4)5-6-17(20)18(19)7-9-25(21,26)3/h5-6,13,18-19,21H,7-12,14-15H2,1-4H3/t18?,19?,21?,25-,26-/m0/s1. The summed E-state index contributed by atoms with van der Waals surface area (Å²) in [6, 6.07) is 6.10. The van der Waals surface area contributed by atoms with Crippen molar-refractivity contribution in [3.05, 3.63) is 29.3 Å². The normalized spacial score (nSPS) is 40.3. The maximum Gasteiger partial charge on any atom is 0.163 e. The fourth-order valence-corrected chi connectivity index (χ4v) is 7.77. The van der Waals surface area contributed by atoms with Gasteiger partial charge in [0.15, 0.2) is 5.78 Å². The van der Waals surface area contributed by atoms with Gasteiger partial charge in [-0.15, -0.1) is 0 Å². The van der Waals surface area contributed by atoms with Crippen LogP contribution >= 0.6 is 0 Å². The van der Waals surface area contributed by atoms with E-state index in [9.17, 15) is 9.59 Å². The van der Waals surface area contributed by atoms with E-state index in [4.69, 9.17) is 4.74 Å². The zero-order valence-electron chi connectivity index (χ0n) is 18.3. The number of ketones is 2. The van der Waals surface area contributed by atoms with Crippen molar-refractivity contribution in [3.63, 3.8) is 0 Å². The molecule has 0 bridgehead atoms. The van der Waals surface area contributed by atoms with E-state index in [1.165, 1.54) is 31.2 Å². The summed E-state index contributed by atoms with van der Waals surface area (Å²) in [5.41, 5.74) is 2.34. The minimum absolute atomic E-state index is 0.157. The predicted molar refractivity (Wildman–Crippen MR) is 113 cm³/mol. The smallest absolute Gasteiger partial charge is 0.163 e. The van der Waals surface area contributed by atoms with Crippen molar-refractivity contribution >= 4 is 11.6 Å². The van der Waals surface area contributed by atoms with E-state index in [1.54, 1.807) is 7.11 Å². The second-order valence-electron chi connectivity index (χ2n) is 11.2. The second kappa shape index (κ2) is 6.18. The highest BCUT2D eigenvalue weighted by Gasteiger charge is 2.64. The van der Waals surface area contributed by atoms with Crippen molar-refractivity contribution in [1.82, 2.24) is 0 Å². The van der Waals surface area contributed by atoms with Crippen LogP contribution in [0.2, 0.25) is 0 Å². The molecule has 3 fully saturated rings. The summed E-state index contributed by atoms with van der Waals surface area (Å²) in [7, 11) is 1.66. The molecule has 1 aromatic carbocycles. The molecule has 0 radical (unpaired) electrons. The molecule has 0 amide bonds. The number of hydrogen-bond acceptors (Lipinski definition) is 3. The third kappa shape index (κ3) is 2.55. The molecule has 4 aliphatic carbocycles. The molecule has 29 heavy (non-hydrogen) atoms. The topological polar surface area (TPSA) is 43.4 Å². The first-order valence-corrected chi connectivity index (χ1v) is 11.5. The van der Waals surface area contributed by atoms with Gasteiger partial charge in [0.25, 0.3) is 0 Å². The van der Waals surface area contributed by atoms with E-state index >= 15 is 0 Å². The van der Waals surface area contributed by atoms with Crippen LogP contribution in [-0.2, 0) is 4.79 Å². The summed E-state index contributed by atoms with van der Waals surface area (Å²) in [5.74, 6) is 3.01. The summed E-state index contributed by atoms with van der Waals surface area (Å²) in [4.78, 5) is 26.1. The van der Waals surface area contributed by atoms with Crippen molar-refractivity contribution in [3.8, 4) is 5.75 Å². The Morgan fingerprint density at radius 1 is 1.00 bits per heavy atom. The molecule has 0 aliphatic heterocycles. The van der Waals surface area contributed by atoms with E-state index in [2.05, 4.69) is 26.8 Å². The van der Waals surface area contributed by atoms with Crippen LogP contribution in [0.5, 0.6) is 5.75 Å². The number of carbonyl (C=O) groups is 2. The van der Waals surface area contributed by atoms with Gasteiger partial charge < -0.3 is 4.74 Å². The minimum atomic E-state index is -0.157. The number of fused-ring (bicyclic) bond motifs is 6. The fraction of sp³-hybridized carbons (Fsp3) is 0.692. The number of benzene rings is 1. The molecular weight excluding hydrogens is 360 g/mol. The Morgan fingerprint density at radius 3 is 2.52 bits per heavy atom. The van der Waals surface area contributed by atoms with E-state index in [0.29, 0.717) is 30.0 Å². The van der Waals surface area contributed by atoms with E-state index in [0.717, 1.165) is 30.6 Å². The summed E-state index contributed by atoms with van der Waals surface area (Å²) in [6.45, 7) is 6.72. The lowest BCUT2D eigenvalue weighted by atomic mass is 9.47. The molecule has 3 nitrogen and oxygen atoms in total. The van der Waals surface area contributed by atoms with Gasteiger partial charge >= 0.3 is 0 Å². The maximum atomic E-state index is 13.1. The Bertz CT molecular complexity index is 884. The molecular formula is C26H34O3. The average Bonchev–Trinajstić information content (AvgIpc) is 2.98. The van der Waals surface area contributed by atoms with Gasteiger partial charge in [-0.3, -0.25) is 9.59 Å². The van der Waals surface area contributed by atoms with Gasteiger partial charge in [0.2, 0.25) is 0 Å². The van der Waals surface area contributed by atoms with Crippen LogP contribution in [0.4, 0.5) is 0 Å². The number of rotatable bonds is 1. The lowest BCUT2D eigenvalue weighted by molar-refractivity contribution is -0.141. The van der Waals surface area contributed by atoms with Crippen LogP contribution < -0.4 is 4.74 Å². The molecule has 0 N–H and O–H groups in total. The number of Topliss-reactive ketones (excluding diaryl/α,β-unsaturated/α-hetero) is 2. The van der Waals surface area contributed by atoms with Crippen molar-refractivity contribution in [1.29, 1.82) is 0 Å². The molecule has 5 atom stereocenters. The molecule has 0 heterocycles. The van der Waals surface area contributed by atoms with E-state index in [-0.39, 0.29) is 22.0 Å². The van der Waals surface area contributed by atoms with E-state index in [1.807, 2.05) is 12.1 Å². The Balaban J connectivity index is 1.49. The Hall–Kier alpha value is -1.64. The summed E-state index contributed by atoms with van der Waals surface area (Å²) >= 11 is 0. The Kier molecular flexibility index (Phi) is 4.12. The first-order chi connectivity index (χ1) is 13.7. The van der Waals surface area contributed by atoms with Crippen LogP contribution in [0, 0.1) is 28.1 Å². The van der Waals surface area contributed by atoms with Crippen molar-refractivity contribution < 1.29 is 14.3 Å². The molecule has 0 saturated heterocycles. The summed E-state index contributed by atoms with van der Waals surface area (Å²) < 4.78 is 5.37. The first-order valence-electron chi connectivity index (χ1n) is 11.5. The maximum absolute atomic E-state index is 13.1. The van der Waals surface area contributed by atoms with Gasteiger partial charge in [0, 0.05) is 23.8 Å². The van der Waals surface area contributed by atoms with Gasteiger partial charge in [0.1, 0.15) is 11.5 Å². The molecule has 0 aromatic heterocycles. The quantitative estimate of drug-likeness (QED) is 0.590. The third-order valence-electron chi connectivity index (χ3n) is 9.84. The monoisotopic (exact) mass is 394 g/mol. The number of hydrogen-bond donors (Lipinski definition) is 0. The van der Waals surface area contributed by atoms with Crippen LogP contribution in [0.25, 0.3) is 0 Å². The largest absolute Gasteiger partial charge is 0.497 e.